The van der Waals surface area contributed by atoms with E-state index in [2.05, 4.69) is 49.0 Å². The Bertz CT molecular complexity index is 945. The smallest absolute Gasteiger partial charge is 0.475 e. The molecule has 2 N–H and O–H groups in total. The van der Waals surface area contributed by atoms with Crippen molar-refractivity contribution >= 4 is 29.1 Å². The largest absolute Gasteiger partial charge is 0.490 e. The number of aryl methyl sites for hydroxylation is 1. The van der Waals surface area contributed by atoms with Crippen molar-refractivity contribution in [3.63, 3.8) is 0 Å². The van der Waals surface area contributed by atoms with Crippen LogP contribution in [-0.2, 0) is 16.1 Å². The molecular formula is C20H22F6N4O4S. The lowest BCUT2D eigenvalue weighted by Gasteiger charge is -2.25. The summed E-state index contributed by atoms with van der Waals surface area (Å²) in [5.41, 5.74) is 2.44. The Morgan fingerprint density at radius 3 is 2.00 bits per heavy atom. The molecule has 0 aliphatic carbocycles. The Morgan fingerprint density at radius 1 is 0.971 bits per heavy atom. The Kier molecular flexibility index (Phi) is 9.43. The van der Waals surface area contributed by atoms with Gasteiger partial charge in [-0.05, 0) is 54.3 Å². The van der Waals surface area contributed by atoms with Crippen LogP contribution >= 0.6 is 11.3 Å². The number of hydrogen-bond acceptors (Lipinski definition) is 7. The molecule has 0 radical (unpaired) electrons. The van der Waals surface area contributed by atoms with Crippen molar-refractivity contribution in [2.45, 2.75) is 50.7 Å². The van der Waals surface area contributed by atoms with Crippen LogP contribution in [0.1, 0.15) is 24.1 Å². The number of halogens is 6. The van der Waals surface area contributed by atoms with Crippen LogP contribution in [0.15, 0.2) is 29.0 Å². The van der Waals surface area contributed by atoms with Crippen molar-refractivity contribution in [3.05, 3.63) is 40.2 Å². The predicted molar refractivity (Wildman–Crippen MR) is 113 cm³/mol. The molecule has 0 amide bonds. The summed E-state index contributed by atoms with van der Waals surface area (Å²) in [5.74, 6) is -4.47. The molecule has 8 nitrogen and oxygen atoms in total. The summed E-state index contributed by atoms with van der Waals surface area (Å²) in [4.78, 5) is 22.9. The third kappa shape index (κ3) is 8.35. The summed E-state index contributed by atoms with van der Waals surface area (Å²) < 4.78 is 63.5. The molecular weight excluding hydrogens is 506 g/mol. The first-order valence-corrected chi connectivity index (χ1v) is 11.1. The maximum atomic E-state index is 10.6. The van der Waals surface area contributed by atoms with E-state index in [-0.39, 0.29) is 0 Å². The lowest BCUT2D eigenvalue weighted by atomic mass is 10.1. The normalized spacial score (nSPS) is 19.8. The van der Waals surface area contributed by atoms with Crippen molar-refractivity contribution in [2.75, 3.05) is 18.0 Å². The summed E-state index contributed by atoms with van der Waals surface area (Å²) in [6, 6.07) is 7.71. The predicted octanol–water partition coefficient (Wildman–Crippen LogP) is 3.97. The summed E-state index contributed by atoms with van der Waals surface area (Å²) in [6.07, 6.45) is -7.69. The zero-order chi connectivity index (χ0) is 26.4. The van der Waals surface area contributed by atoms with Crippen LogP contribution in [0.25, 0.3) is 0 Å². The Balaban J connectivity index is 0.000000257. The highest BCUT2D eigenvalue weighted by Gasteiger charge is 2.43. The van der Waals surface area contributed by atoms with Crippen LogP contribution in [0, 0.1) is 6.92 Å². The average Bonchev–Trinajstić information content (AvgIpc) is 3.48. The molecule has 0 bridgehead atoms. The SMILES string of the molecule is Cc1ccc(N2CC[C@@H]3[C@@H]2CCN3Cc2ccsc2)nn1.O=C(O)C(F)(F)F.O=C(O)C(F)(F)F. The van der Waals surface area contributed by atoms with E-state index in [0.29, 0.717) is 12.1 Å². The van der Waals surface area contributed by atoms with Crippen LogP contribution in [-0.4, -0.2) is 74.8 Å². The van der Waals surface area contributed by atoms with Crippen molar-refractivity contribution in [1.29, 1.82) is 0 Å². The van der Waals surface area contributed by atoms with Crippen LogP contribution in [0.2, 0.25) is 0 Å². The maximum Gasteiger partial charge on any atom is 0.490 e. The number of hydrogen-bond donors (Lipinski definition) is 2. The number of likely N-dealkylation sites (tertiary alicyclic amines) is 1. The van der Waals surface area contributed by atoms with Crippen molar-refractivity contribution in [3.8, 4) is 0 Å². The van der Waals surface area contributed by atoms with E-state index in [1.54, 1.807) is 11.3 Å². The number of carboxylic acid groups (broad SMARTS) is 2. The number of aromatic nitrogens is 2. The first-order valence-electron chi connectivity index (χ1n) is 10.1. The second-order valence-electron chi connectivity index (χ2n) is 7.65. The van der Waals surface area contributed by atoms with Gasteiger partial charge in [-0.15, -0.1) is 5.10 Å². The molecule has 4 rings (SSSR count). The molecule has 194 valence electrons. The van der Waals surface area contributed by atoms with E-state index in [0.717, 1.165) is 24.6 Å². The number of carbonyl (C=O) groups is 2. The number of alkyl halides is 6. The van der Waals surface area contributed by atoms with Gasteiger partial charge in [0.1, 0.15) is 0 Å². The molecule has 2 fully saturated rings. The second-order valence-corrected chi connectivity index (χ2v) is 8.43. The Labute approximate surface area is 199 Å². The van der Waals surface area contributed by atoms with Crippen molar-refractivity contribution in [2.24, 2.45) is 0 Å². The van der Waals surface area contributed by atoms with Gasteiger partial charge in [0.05, 0.1) is 5.69 Å². The van der Waals surface area contributed by atoms with Gasteiger partial charge in [0.25, 0.3) is 0 Å². The van der Waals surface area contributed by atoms with Crippen molar-refractivity contribution in [1.82, 2.24) is 15.1 Å². The van der Waals surface area contributed by atoms with E-state index < -0.39 is 24.3 Å². The molecule has 2 aliphatic rings. The number of thiophene rings is 1. The van der Waals surface area contributed by atoms with Gasteiger partial charge in [-0.3, -0.25) is 4.90 Å². The van der Waals surface area contributed by atoms with Crippen molar-refractivity contribution < 1.29 is 46.1 Å². The first kappa shape index (κ1) is 28.3. The summed E-state index contributed by atoms with van der Waals surface area (Å²) in [6.45, 7) is 5.38. The fourth-order valence-corrected chi connectivity index (χ4v) is 4.38. The Morgan fingerprint density at radius 2 is 1.54 bits per heavy atom. The maximum absolute atomic E-state index is 10.6. The minimum atomic E-state index is -5.08. The van der Waals surface area contributed by atoms with Gasteiger partial charge in [-0.2, -0.15) is 42.8 Å². The third-order valence-electron chi connectivity index (χ3n) is 5.22. The number of carboxylic acids is 2. The monoisotopic (exact) mass is 528 g/mol. The Hall–Kier alpha value is -2.94. The highest BCUT2D eigenvalue weighted by molar-refractivity contribution is 7.07. The number of rotatable bonds is 3. The van der Waals surface area contributed by atoms with Gasteiger partial charge in [-0.1, -0.05) is 0 Å². The van der Waals surface area contributed by atoms with E-state index in [9.17, 15) is 26.3 Å². The average molecular weight is 528 g/mol. The molecule has 0 unspecified atom stereocenters. The lowest BCUT2D eigenvalue weighted by molar-refractivity contribution is -0.193. The molecule has 15 heteroatoms. The topological polar surface area (TPSA) is 107 Å². The highest BCUT2D eigenvalue weighted by atomic mass is 32.1. The number of anilines is 1. The molecule has 2 aromatic rings. The molecule has 0 saturated carbocycles. The highest BCUT2D eigenvalue weighted by Crippen LogP contribution is 2.35. The molecule has 2 atom stereocenters. The van der Waals surface area contributed by atoms with Crippen LogP contribution in [0.3, 0.4) is 0 Å². The van der Waals surface area contributed by atoms with Crippen LogP contribution < -0.4 is 4.90 Å². The van der Waals surface area contributed by atoms with Gasteiger partial charge in [0.2, 0.25) is 0 Å². The zero-order valence-electron chi connectivity index (χ0n) is 18.3. The molecule has 35 heavy (non-hydrogen) atoms. The number of nitrogens with zero attached hydrogens (tertiary/aromatic N) is 4. The van der Waals surface area contributed by atoms with E-state index in [4.69, 9.17) is 19.8 Å². The van der Waals surface area contributed by atoms with Gasteiger partial charge in [0.15, 0.2) is 5.82 Å². The molecule has 2 saturated heterocycles. The summed E-state index contributed by atoms with van der Waals surface area (Å²) in [7, 11) is 0. The fraction of sp³-hybridized carbons (Fsp3) is 0.500. The summed E-state index contributed by atoms with van der Waals surface area (Å²) >= 11 is 1.79. The standard InChI is InChI=1S/C16H20N4S.2C2HF3O2/c1-12-2-3-16(18-17-12)20-8-5-14-15(20)4-7-19(14)10-13-6-9-21-11-13;2*3-2(4,5)1(6)7/h2-3,6,9,11,14-15H,4-5,7-8,10H2,1H3;2*(H,6,7)/t14-,15+;;/m1../s1. The van der Waals surface area contributed by atoms with E-state index in [1.807, 2.05) is 6.92 Å². The minimum absolute atomic E-state index is 0.612. The molecule has 0 aromatic carbocycles. The van der Waals surface area contributed by atoms with Gasteiger partial charge >= 0.3 is 24.3 Å². The van der Waals surface area contributed by atoms with Crippen LogP contribution in [0.4, 0.5) is 32.2 Å². The fourth-order valence-electron chi connectivity index (χ4n) is 3.72. The van der Waals surface area contributed by atoms with E-state index >= 15 is 0 Å². The first-order chi connectivity index (χ1) is 16.2. The molecule has 2 aromatic heterocycles. The number of aliphatic carboxylic acids is 2. The molecule has 2 aliphatic heterocycles. The quantitative estimate of drug-likeness (QED) is 0.577. The third-order valence-corrected chi connectivity index (χ3v) is 5.95. The van der Waals surface area contributed by atoms with Crippen LogP contribution in [0.5, 0.6) is 0 Å². The summed E-state index contributed by atoms with van der Waals surface area (Å²) in [5, 5.41) is 27.3. The number of fused-ring (bicyclic) bond motifs is 1. The van der Waals surface area contributed by atoms with Gasteiger partial charge in [-0.25, -0.2) is 9.59 Å². The lowest BCUT2D eigenvalue weighted by Crippen LogP contribution is -2.36. The second kappa shape index (κ2) is 11.7. The molecule has 4 heterocycles. The van der Waals surface area contributed by atoms with Gasteiger partial charge < -0.3 is 15.1 Å². The van der Waals surface area contributed by atoms with E-state index in [1.165, 1.54) is 24.9 Å². The minimum Gasteiger partial charge on any atom is -0.475 e. The zero-order valence-corrected chi connectivity index (χ0v) is 19.1. The molecule has 0 spiro atoms. The van der Waals surface area contributed by atoms with Gasteiger partial charge in [0, 0.05) is 31.7 Å².